The molecule has 0 unspecified atom stereocenters. The van der Waals surface area contributed by atoms with Gasteiger partial charge in [0.05, 0.1) is 10.7 Å². The van der Waals surface area contributed by atoms with Crippen LogP contribution in [0.25, 0.3) is 0 Å². The van der Waals surface area contributed by atoms with Gasteiger partial charge in [-0.2, -0.15) is 0 Å². The van der Waals surface area contributed by atoms with Crippen LogP contribution in [0.5, 0.6) is 0 Å². The van der Waals surface area contributed by atoms with Gasteiger partial charge in [-0.25, -0.2) is 4.98 Å². The van der Waals surface area contributed by atoms with E-state index in [1.807, 2.05) is 25.4 Å². The van der Waals surface area contributed by atoms with E-state index in [1.54, 1.807) is 4.90 Å². The summed E-state index contributed by atoms with van der Waals surface area (Å²) in [5.41, 5.74) is 1.22. The van der Waals surface area contributed by atoms with Crippen LogP contribution in [-0.4, -0.2) is 47.9 Å². The Kier molecular flexibility index (Phi) is 4.08. The molecule has 0 atom stereocenters. The third kappa shape index (κ3) is 3.20. The number of carbonyl (C=O) groups excluding carboxylic acids is 1. The molecule has 4 nitrogen and oxygen atoms in total. The Hall–Kier alpha value is -0.940. The molecule has 0 aromatic carbocycles. The quantitative estimate of drug-likeness (QED) is 0.855. The average Bonchev–Trinajstić information content (AvgIpc) is 3.20. The zero-order valence-electron chi connectivity index (χ0n) is 12.3. The predicted octanol–water partition coefficient (Wildman–Crippen LogP) is 2.32. The van der Waals surface area contributed by atoms with Crippen molar-refractivity contribution in [3.05, 3.63) is 16.1 Å². The van der Waals surface area contributed by atoms with Gasteiger partial charge in [0.15, 0.2) is 0 Å². The minimum atomic E-state index is 0.221. The van der Waals surface area contributed by atoms with Crippen LogP contribution in [0.15, 0.2) is 5.38 Å². The van der Waals surface area contributed by atoms with Crippen molar-refractivity contribution in [2.24, 2.45) is 5.92 Å². The van der Waals surface area contributed by atoms with Gasteiger partial charge in [-0.1, -0.05) is 0 Å². The molecular formula is C15H23N3OS. The van der Waals surface area contributed by atoms with Crippen molar-refractivity contribution < 1.29 is 4.79 Å². The Morgan fingerprint density at radius 1 is 1.35 bits per heavy atom. The highest BCUT2D eigenvalue weighted by atomic mass is 32.1. The van der Waals surface area contributed by atoms with E-state index in [0.29, 0.717) is 0 Å². The van der Waals surface area contributed by atoms with E-state index in [2.05, 4.69) is 10.3 Å². The second-order valence-corrected chi connectivity index (χ2v) is 7.12. The maximum absolute atomic E-state index is 11.9. The van der Waals surface area contributed by atoms with Gasteiger partial charge in [0.1, 0.15) is 0 Å². The fourth-order valence-corrected chi connectivity index (χ4v) is 3.83. The molecule has 2 heterocycles. The Bertz CT molecular complexity index is 473. The average molecular weight is 293 g/mol. The fourth-order valence-electron chi connectivity index (χ4n) is 2.85. The normalized spacial score (nSPS) is 21.1. The van der Waals surface area contributed by atoms with Crippen molar-refractivity contribution in [2.75, 3.05) is 27.2 Å². The summed E-state index contributed by atoms with van der Waals surface area (Å²) in [6, 6.07) is 0. The van der Waals surface area contributed by atoms with Crippen LogP contribution in [0.2, 0.25) is 0 Å². The monoisotopic (exact) mass is 293 g/mol. The molecule has 1 amide bonds. The van der Waals surface area contributed by atoms with Crippen LogP contribution in [0.1, 0.15) is 42.3 Å². The minimum Gasteiger partial charge on any atom is -0.349 e. The van der Waals surface area contributed by atoms with E-state index in [9.17, 15) is 4.79 Å². The first-order valence-electron chi connectivity index (χ1n) is 7.51. The van der Waals surface area contributed by atoms with Crippen LogP contribution in [0, 0.1) is 5.92 Å². The maximum atomic E-state index is 11.9. The van der Waals surface area contributed by atoms with Crippen LogP contribution < -0.4 is 0 Å². The first kappa shape index (κ1) is 14.0. The molecule has 0 bridgehead atoms. The molecular weight excluding hydrogens is 270 g/mol. The van der Waals surface area contributed by atoms with Gasteiger partial charge in [0.2, 0.25) is 5.91 Å². The van der Waals surface area contributed by atoms with Gasteiger partial charge in [0.25, 0.3) is 0 Å². The van der Waals surface area contributed by atoms with Gasteiger partial charge >= 0.3 is 0 Å². The van der Waals surface area contributed by atoms with Crippen LogP contribution in [0.3, 0.4) is 0 Å². The van der Waals surface area contributed by atoms with E-state index < -0.39 is 0 Å². The Labute approximate surface area is 124 Å². The molecule has 5 heteroatoms. The van der Waals surface area contributed by atoms with Crippen molar-refractivity contribution in [2.45, 2.75) is 38.1 Å². The second-order valence-electron chi connectivity index (χ2n) is 6.23. The number of thiazole rings is 1. The van der Waals surface area contributed by atoms with Gasteiger partial charge < -0.3 is 4.90 Å². The Morgan fingerprint density at radius 3 is 2.65 bits per heavy atom. The molecule has 0 N–H and O–H groups in total. The van der Waals surface area contributed by atoms with Crippen molar-refractivity contribution in [3.63, 3.8) is 0 Å². The largest absolute Gasteiger partial charge is 0.349 e. The summed E-state index contributed by atoms with van der Waals surface area (Å²) in [6.07, 6.45) is 4.61. The highest BCUT2D eigenvalue weighted by Crippen LogP contribution is 2.41. The zero-order valence-corrected chi connectivity index (χ0v) is 13.2. The van der Waals surface area contributed by atoms with Gasteiger partial charge in [-0.15, -0.1) is 11.3 Å². The van der Waals surface area contributed by atoms with E-state index >= 15 is 0 Å². The third-order valence-corrected chi connectivity index (χ3v) is 5.32. The number of rotatable bonds is 4. The van der Waals surface area contributed by atoms with Gasteiger partial charge in [0, 0.05) is 37.9 Å². The molecule has 2 aliphatic rings. The zero-order chi connectivity index (χ0) is 14.1. The number of amides is 1. The SMILES string of the molecule is CN(C)C(=O)C1CCN(Cc2csc(C3CC3)n2)CC1. The third-order valence-electron chi connectivity index (χ3n) is 4.26. The van der Waals surface area contributed by atoms with Crippen LogP contribution >= 0.6 is 11.3 Å². The van der Waals surface area contributed by atoms with E-state index in [0.717, 1.165) is 38.4 Å². The summed E-state index contributed by atoms with van der Waals surface area (Å²) >= 11 is 1.82. The number of aromatic nitrogens is 1. The van der Waals surface area contributed by atoms with Crippen LogP contribution in [-0.2, 0) is 11.3 Å². The van der Waals surface area contributed by atoms with Crippen molar-refractivity contribution in [1.82, 2.24) is 14.8 Å². The highest BCUT2D eigenvalue weighted by Gasteiger charge is 2.28. The lowest BCUT2D eigenvalue weighted by Crippen LogP contribution is -2.39. The lowest BCUT2D eigenvalue weighted by atomic mass is 9.95. The van der Waals surface area contributed by atoms with E-state index in [4.69, 9.17) is 4.98 Å². The summed E-state index contributed by atoms with van der Waals surface area (Å²) < 4.78 is 0. The molecule has 20 heavy (non-hydrogen) atoms. The smallest absolute Gasteiger partial charge is 0.225 e. The highest BCUT2D eigenvalue weighted by molar-refractivity contribution is 7.09. The summed E-state index contributed by atoms with van der Waals surface area (Å²) in [5, 5.41) is 3.54. The number of piperidine rings is 1. The summed E-state index contributed by atoms with van der Waals surface area (Å²) in [7, 11) is 3.70. The summed E-state index contributed by atoms with van der Waals surface area (Å²) in [5.74, 6) is 1.27. The lowest BCUT2D eigenvalue weighted by Gasteiger charge is -2.31. The molecule has 2 fully saturated rings. The number of nitrogens with zero attached hydrogens (tertiary/aromatic N) is 3. The van der Waals surface area contributed by atoms with Crippen molar-refractivity contribution in [1.29, 1.82) is 0 Å². The fraction of sp³-hybridized carbons (Fsp3) is 0.733. The van der Waals surface area contributed by atoms with Gasteiger partial charge in [-0.3, -0.25) is 9.69 Å². The molecule has 0 spiro atoms. The lowest BCUT2D eigenvalue weighted by molar-refractivity contribution is -0.134. The minimum absolute atomic E-state index is 0.221. The Balaban J connectivity index is 1.49. The van der Waals surface area contributed by atoms with Crippen LogP contribution in [0.4, 0.5) is 0 Å². The van der Waals surface area contributed by atoms with Gasteiger partial charge in [-0.05, 0) is 38.8 Å². The van der Waals surface area contributed by atoms with Crippen molar-refractivity contribution >= 4 is 17.2 Å². The summed E-state index contributed by atoms with van der Waals surface area (Å²) in [6.45, 7) is 2.98. The molecule has 110 valence electrons. The molecule has 1 aromatic heterocycles. The van der Waals surface area contributed by atoms with E-state index in [-0.39, 0.29) is 11.8 Å². The molecule has 3 rings (SSSR count). The molecule has 1 aromatic rings. The first-order chi connectivity index (χ1) is 9.63. The summed E-state index contributed by atoms with van der Waals surface area (Å²) in [4.78, 5) is 20.9. The molecule has 1 aliphatic heterocycles. The number of hydrogen-bond donors (Lipinski definition) is 0. The van der Waals surface area contributed by atoms with Crippen molar-refractivity contribution in [3.8, 4) is 0 Å². The topological polar surface area (TPSA) is 36.4 Å². The Morgan fingerprint density at radius 2 is 2.05 bits per heavy atom. The maximum Gasteiger partial charge on any atom is 0.225 e. The van der Waals surface area contributed by atoms with E-state index in [1.165, 1.54) is 23.5 Å². The molecule has 0 radical (unpaired) electrons. The molecule has 1 saturated carbocycles. The first-order valence-corrected chi connectivity index (χ1v) is 8.39. The molecule has 1 aliphatic carbocycles. The number of likely N-dealkylation sites (tertiary alicyclic amines) is 1. The number of hydrogen-bond acceptors (Lipinski definition) is 4. The standard InChI is InChI=1S/C15H23N3OS/c1-17(2)15(19)12-5-7-18(8-6-12)9-13-10-20-14(16-13)11-3-4-11/h10-12H,3-9H2,1-2H3. The number of carbonyl (C=O) groups is 1. The molecule has 1 saturated heterocycles. The second kappa shape index (κ2) is 5.82. The predicted molar refractivity (Wildman–Crippen MR) is 80.8 cm³/mol.